The number of aryl methyl sites for hydroxylation is 1. The molecule has 114 valence electrons. The lowest BCUT2D eigenvalue weighted by Crippen LogP contribution is -2.18. The maximum absolute atomic E-state index is 13.4. The van der Waals surface area contributed by atoms with Crippen LogP contribution in [0.15, 0.2) is 22.7 Å². The number of rotatable bonds is 7. The molecule has 1 aromatic carbocycles. The van der Waals surface area contributed by atoms with Gasteiger partial charge in [0.2, 0.25) is 11.7 Å². The largest absolute Gasteiger partial charge is 0.485 e. The third kappa shape index (κ3) is 4.01. The quantitative estimate of drug-likeness (QED) is 0.850. The fourth-order valence-corrected chi connectivity index (χ4v) is 2.04. The fourth-order valence-electron chi connectivity index (χ4n) is 2.04. The van der Waals surface area contributed by atoms with Crippen molar-refractivity contribution in [2.24, 2.45) is 0 Å². The van der Waals surface area contributed by atoms with Crippen molar-refractivity contribution in [1.29, 1.82) is 0 Å². The summed E-state index contributed by atoms with van der Waals surface area (Å²) in [5, 5.41) is 7.10. The fraction of sp³-hybridized carbons (Fsp3) is 0.467. The molecule has 0 bridgehead atoms. The van der Waals surface area contributed by atoms with Crippen LogP contribution in [0.25, 0.3) is 0 Å². The molecular formula is C15H20FN3O2. The van der Waals surface area contributed by atoms with Gasteiger partial charge in [0.05, 0.1) is 0 Å². The Kier molecular flexibility index (Phi) is 5.27. The van der Waals surface area contributed by atoms with Gasteiger partial charge in [0.25, 0.3) is 0 Å². The Morgan fingerprint density at radius 1 is 1.38 bits per heavy atom. The molecule has 2 rings (SSSR count). The number of nitrogens with one attached hydrogen (secondary N) is 1. The van der Waals surface area contributed by atoms with Gasteiger partial charge < -0.3 is 14.6 Å². The summed E-state index contributed by atoms with van der Waals surface area (Å²) in [4.78, 5) is 4.16. The van der Waals surface area contributed by atoms with Gasteiger partial charge in [-0.3, -0.25) is 0 Å². The smallest absolute Gasteiger partial charge is 0.226 e. The second-order valence-electron chi connectivity index (χ2n) is 4.71. The van der Waals surface area contributed by atoms with E-state index < -0.39 is 0 Å². The molecule has 5 nitrogen and oxygen atoms in total. The van der Waals surface area contributed by atoms with Crippen molar-refractivity contribution < 1.29 is 13.7 Å². The van der Waals surface area contributed by atoms with E-state index in [1.807, 2.05) is 20.8 Å². The highest BCUT2D eigenvalue weighted by molar-refractivity contribution is 5.36. The Labute approximate surface area is 123 Å². The molecular weight excluding hydrogens is 273 g/mol. The van der Waals surface area contributed by atoms with Crippen LogP contribution >= 0.6 is 0 Å². The first-order chi connectivity index (χ1) is 10.1. The predicted octanol–water partition coefficient (Wildman–Crippen LogP) is 3.02. The SMILES string of the molecule is CCNC(C)c1ccc(F)cc1OCc1noc(CC)n1. The number of ether oxygens (including phenoxy) is 1. The second kappa shape index (κ2) is 7.17. The molecule has 0 fully saturated rings. The van der Waals surface area contributed by atoms with Crippen LogP contribution < -0.4 is 10.1 Å². The zero-order valence-corrected chi connectivity index (χ0v) is 12.5. The maximum Gasteiger partial charge on any atom is 0.226 e. The average molecular weight is 293 g/mol. The second-order valence-corrected chi connectivity index (χ2v) is 4.71. The van der Waals surface area contributed by atoms with E-state index in [0.29, 0.717) is 23.9 Å². The lowest BCUT2D eigenvalue weighted by molar-refractivity contribution is 0.279. The van der Waals surface area contributed by atoms with Crippen molar-refractivity contribution in [3.05, 3.63) is 41.3 Å². The predicted molar refractivity (Wildman–Crippen MR) is 76.5 cm³/mol. The molecule has 2 aromatic rings. The number of halogens is 1. The maximum atomic E-state index is 13.4. The minimum Gasteiger partial charge on any atom is -0.485 e. The molecule has 1 aromatic heterocycles. The number of nitrogens with zero attached hydrogens (tertiary/aromatic N) is 2. The van der Waals surface area contributed by atoms with Crippen LogP contribution in [0.1, 0.15) is 44.1 Å². The van der Waals surface area contributed by atoms with Crippen LogP contribution in [0.5, 0.6) is 5.75 Å². The molecule has 0 saturated carbocycles. The van der Waals surface area contributed by atoms with Crippen molar-refractivity contribution in [3.63, 3.8) is 0 Å². The zero-order chi connectivity index (χ0) is 15.2. The summed E-state index contributed by atoms with van der Waals surface area (Å²) in [6, 6.07) is 4.61. The standard InChI is InChI=1S/C15H20FN3O2/c1-4-15-18-14(19-21-15)9-20-13-8-11(16)6-7-12(13)10(3)17-5-2/h6-8,10,17H,4-5,9H2,1-3H3. The Morgan fingerprint density at radius 3 is 2.86 bits per heavy atom. The number of hydrogen-bond donors (Lipinski definition) is 1. The molecule has 21 heavy (non-hydrogen) atoms. The monoisotopic (exact) mass is 293 g/mol. The molecule has 1 heterocycles. The molecule has 0 radical (unpaired) electrons. The van der Waals surface area contributed by atoms with Gasteiger partial charge in [-0.05, 0) is 19.5 Å². The van der Waals surface area contributed by atoms with Crippen LogP contribution in [0.2, 0.25) is 0 Å². The highest BCUT2D eigenvalue weighted by Gasteiger charge is 2.13. The molecule has 0 amide bonds. The van der Waals surface area contributed by atoms with E-state index in [4.69, 9.17) is 9.26 Å². The van der Waals surface area contributed by atoms with E-state index in [9.17, 15) is 4.39 Å². The summed E-state index contributed by atoms with van der Waals surface area (Å²) in [6.07, 6.45) is 0.676. The van der Waals surface area contributed by atoms with Crippen LogP contribution in [0.3, 0.4) is 0 Å². The van der Waals surface area contributed by atoms with Gasteiger partial charge >= 0.3 is 0 Å². The van der Waals surface area contributed by atoms with Crippen LogP contribution in [-0.4, -0.2) is 16.7 Å². The van der Waals surface area contributed by atoms with Gasteiger partial charge in [-0.15, -0.1) is 0 Å². The van der Waals surface area contributed by atoms with E-state index in [0.717, 1.165) is 12.1 Å². The summed E-state index contributed by atoms with van der Waals surface area (Å²) >= 11 is 0. The van der Waals surface area contributed by atoms with Crippen LogP contribution in [-0.2, 0) is 13.0 Å². The van der Waals surface area contributed by atoms with Gasteiger partial charge in [-0.2, -0.15) is 4.98 Å². The van der Waals surface area contributed by atoms with E-state index in [1.165, 1.54) is 12.1 Å². The molecule has 0 saturated heterocycles. The van der Waals surface area contributed by atoms with E-state index in [2.05, 4.69) is 15.5 Å². The summed E-state index contributed by atoms with van der Waals surface area (Å²) in [6.45, 7) is 6.93. The first-order valence-electron chi connectivity index (χ1n) is 7.11. The Morgan fingerprint density at radius 2 is 2.19 bits per heavy atom. The van der Waals surface area contributed by atoms with Gasteiger partial charge in [-0.25, -0.2) is 4.39 Å². The van der Waals surface area contributed by atoms with Gasteiger partial charge in [-0.1, -0.05) is 25.1 Å². The number of hydrogen-bond acceptors (Lipinski definition) is 5. The van der Waals surface area contributed by atoms with Crippen LogP contribution in [0, 0.1) is 5.82 Å². The van der Waals surface area contributed by atoms with E-state index in [1.54, 1.807) is 6.07 Å². The number of benzene rings is 1. The highest BCUT2D eigenvalue weighted by Crippen LogP contribution is 2.26. The van der Waals surface area contributed by atoms with E-state index >= 15 is 0 Å². The lowest BCUT2D eigenvalue weighted by atomic mass is 10.1. The van der Waals surface area contributed by atoms with Gasteiger partial charge in [0.1, 0.15) is 11.6 Å². The molecule has 0 aliphatic heterocycles. The first kappa shape index (κ1) is 15.4. The first-order valence-corrected chi connectivity index (χ1v) is 7.11. The molecule has 0 spiro atoms. The molecule has 1 atom stereocenters. The molecule has 1 unspecified atom stereocenters. The summed E-state index contributed by atoms with van der Waals surface area (Å²) in [5.74, 6) is 1.18. The normalized spacial score (nSPS) is 12.4. The van der Waals surface area contributed by atoms with Gasteiger partial charge in [0.15, 0.2) is 6.61 Å². The molecule has 1 N–H and O–H groups in total. The molecule has 6 heteroatoms. The Balaban J connectivity index is 2.12. The number of aromatic nitrogens is 2. The summed E-state index contributed by atoms with van der Waals surface area (Å²) in [7, 11) is 0. The van der Waals surface area contributed by atoms with Crippen molar-refractivity contribution in [3.8, 4) is 5.75 Å². The highest BCUT2D eigenvalue weighted by atomic mass is 19.1. The van der Waals surface area contributed by atoms with Crippen LogP contribution in [0.4, 0.5) is 4.39 Å². The van der Waals surface area contributed by atoms with Crippen molar-refractivity contribution >= 4 is 0 Å². The summed E-state index contributed by atoms with van der Waals surface area (Å²) in [5.41, 5.74) is 0.900. The van der Waals surface area contributed by atoms with Crippen molar-refractivity contribution in [2.45, 2.75) is 39.8 Å². The molecule has 0 aliphatic rings. The van der Waals surface area contributed by atoms with E-state index in [-0.39, 0.29) is 18.5 Å². The lowest BCUT2D eigenvalue weighted by Gasteiger charge is -2.17. The minimum absolute atomic E-state index is 0.0714. The summed E-state index contributed by atoms with van der Waals surface area (Å²) < 4.78 is 24.1. The third-order valence-corrected chi connectivity index (χ3v) is 3.12. The Bertz CT molecular complexity index is 586. The average Bonchev–Trinajstić information content (AvgIpc) is 2.93. The molecule has 0 aliphatic carbocycles. The minimum atomic E-state index is -0.334. The van der Waals surface area contributed by atoms with Gasteiger partial charge in [0, 0.05) is 24.1 Å². The Hall–Kier alpha value is -1.95. The van der Waals surface area contributed by atoms with Crippen molar-refractivity contribution in [1.82, 2.24) is 15.5 Å². The zero-order valence-electron chi connectivity index (χ0n) is 12.5. The van der Waals surface area contributed by atoms with Crippen molar-refractivity contribution in [2.75, 3.05) is 6.54 Å². The third-order valence-electron chi connectivity index (χ3n) is 3.12. The topological polar surface area (TPSA) is 60.2 Å².